The number of aryl methyl sites for hydroxylation is 1. The fourth-order valence-corrected chi connectivity index (χ4v) is 2.26. The molecule has 1 fully saturated rings. The fourth-order valence-electron chi connectivity index (χ4n) is 2.26. The second-order valence-electron chi connectivity index (χ2n) is 4.13. The number of rotatable bonds is 1. The Morgan fingerprint density at radius 2 is 2.07 bits per heavy atom. The maximum absolute atomic E-state index is 8.80. The van der Waals surface area contributed by atoms with Gasteiger partial charge in [0.05, 0.1) is 11.6 Å². The second-order valence-corrected chi connectivity index (χ2v) is 4.13. The lowest BCUT2D eigenvalue weighted by atomic mass is 9.87. The van der Waals surface area contributed by atoms with Crippen LogP contribution in [0.1, 0.15) is 35.4 Å². The van der Waals surface area contributed by atoms with Gasteiger partial charge in [-0.2, -0.15) is 5.26 Å². The molecule has 0 saturated carbocycles. The summed E-state index contributed by atoms with van der Waals surface area (Å²) >= 11 is 0. The minimum Gasteiger partial charge on any atom is -0.242 e. The van der Waals surface area contributed by atoms with E-state index in [9.17, 15) is 0 Å². The lowest BCUT2D eigenvalue weighted by Gasteiger charge is -2.23. The molecule has 15 heavy (non-hydrogen) atoms. The third-order valence-electron chi connectivity index (χ3n) is 3.11. The molecule has 2 heteroatoms. The van der Waals surface area contributed by atoms with Gasteiger partial charge in [0, 0.05) is 13.1 Å². The molecular formula is C13H15N2. The molecule has 77 valence electrons. The Labute approximate surface area is 90.9 Å². The Hall–Kier alpha value is -1.33. The number of nitriles is 1. The van der Waals surface area contributed by atoms with Gasteiger partial charge in [0.1, 0.15) is 0 Å². The first-order valence-electron chi connectivity index (χ1n) is 5.45. The van der Waals surface area contributed by atoms with Gasteiger partial charge in [-0.1, -0.05) is 6.07 Å². The SMILES string of the molecule is Cc1cc(C#N)ccc1C1CC[N]CC1. The molecule has 2 nitrogen and oxygen atoms in total. The van der Waals surface area contributed by atoms with E-state index in [1.165, 1.54) is 11.1 Å². The van der Waals surface area contributed by atoms with Crippen molar-refractivity contribution in [2.75, 3.05) is 13.1 Å². The van der Waals surface area contributed by atoms with E-state index >= 15 is 0 Å². The van der Waals surface area contributed by atoms with Crippen LogP contribution in [-0.2, 0) is 0 Å². The summed E-state index contributed by atoms with van der Waals surface area (Å²) in [5.74, 6) is 0.648. The Morgan fingerprint density at radius 1 is 1.33 bits per heavy atom. The highest BCUT2D eigenvalue weighted by Gasteiger charge is 2.17. The summed E-state index contributed by atoms with van der Waals surface area (Å²) in [4.78, 5) is 0. The fraction of sp³-hybridized carbons (Fsp3) is 0.462. The van der Waals surface area contributed by atoms with Crippen molar-refractivity contribution in [2.45, 2.75) is 25.7 Å². The third kappa shape index (κ3) is 2.19. The molecule has 1 aliphatic rings. The van der Waals surface area contributed by atoms with Crippen LogP contribution in [0.4, 0.5) is 0 Å². The van der Waals surface area contributed by atoms with Gasteiger partial charge < -0.3 is 0 Å². The summed E-state index contributed by atoms with van der Waals surface area (Å²) < 4.78 is 0. The van der Waals surface area contributed by atoms with Gasteiger partial charge in [-0.25, -0.2) is 5.32 Å². The average Bonchev–Trinajstić information content (AvgIpc) is 2.30. The minimum absolute atomic E-state index is 0.648. The molecular weight excluding hydrogens is 184 g/mol. The molecule has 1 aromatic rings. The van der Waals surface area contributed by atoms with Crippen molar-refractivity contribution >= 4 is 0 Å². The summed E-state index contributed by atoms with van der Waals surface area (Å²) in [5.41, 5.74) is 3.42. The van der Waals surface area contributed by atoms with Crippen molar-refractivity contribution in [3.8, 4) is 6.07 Å². The first-order chi connectivity index (χ1) is 7.31. The standard InChI is InChI=1S/C13H15N2/c1-10-8-11(9-14)2-3-13(10)12-4-6-15-7-5-12/h2-3,8,12H,4-7H2,1H3. The minimum atomic E-state index is 0.648. The maximum Gasteiger partial charge on any atom is 0.0991 e. The number of piperidine rings is 1. The van der Waals surface area contributed by atoms with Crippen molar-refractivity contribution < 1.29 is 0 Å². The zero-order valence-electron chi connectivity index (χ0n) is 9.03. The number of nitrogens with zero attached hydrogens (tertiary/aromatic N) is 2. The van der Waals surface area contributed by atoms with Crippen LogP contribution in [0.5, 0.6) is 0 Å². The van der Waals surface area contributed by atoms with Crippen LogP contribution in [0.3, 0.4) is 0 Å². The van der Waals surface area contributed by atoms with Crippen molar-refractivity contribution in [3.05, 3.63) is 34.9 Å². The van der Waals surface area contributed by atoms with Gasteiger partial charge in [-0.05, 0) is 48.9 Å². The van der Waals surface area contributed by atoms with E-state index in [1.54, 1.807) is 0 Å². The molecule has 1 radical (unpaired) electrons. The van der Waals surface area contributed by atoms with Crippen LogP contribution < -0.4 is 5.32 Å². The van der Waals surface area contributed by atoms with E-state index in [1.807, 2.05) is 12.1 Å². The largest absolute Gasteiger partial charge is 0.242 e. The van der Waals surface area contributed by atoms with E-state index in [0.29, 0.717) is 5.92 Å². The molecule has 2 rings (SSSR count). The number of hydrogen-bond donors (Lipinski definition) is 0. The molecule has 0 atom stereocenters. The van der Waals surface area contributed by atoms with Crippen molar-refractivity contribution in [1.29, 1.82) is 5.26 Å². The first-order valence-corrected chi connectivity index (χ1v) is 5.45. The summed E-state index contributed by atoms with van der Waals surface area (Å²) in [6.45, 7) is 4.08. The molecule has 1 heterocycles. The molecule has 0 bridgehead atoms. The maximum atomic E-state index is 8.80. The normalized spacial score (nSPS) is 17.3. The highest BCUT2D eigenvalue weighted by molar-refractivity contribution is 5.39. The molecule has 1 aromatic carbocycles. The van der Waals surface area contributed by atoms with E-state index in [0.717, 1.165) is 31.5 Å². The van der Waals surface area contributed by atoms with Crippen LogP contribution in [0, 0.1) is 18.3 Å². The molecule has 0 spiro atoms. The molecule has 1 saturated heterocycles. The van der Waals surface area contributed by atoms with Gasteiger partial charge >= 0.3 is 0 Å². The Morgan fingerprint density at radius 3 is 2.67 bits per heavy atom. The van der Waals surface area contributed by atoms with Gasteiger partial charge in [-0.3, -0.25) is 0 Å². The molecule has 0 N–H and O–H groups in total. The monoisotopic (exact) mass is 199 g/mol. The molecule has 0 amide bonds. The lowest BCUT2D eigenvalue weighted by Crippen LogP contribution is -2.21. The van der Waals surface area contributed by atoms with Crippen LogP contribution in [0.25, 0.3) is 0 Å². The Bertz CT molecular complexity index is 384. The van der Waals surface area contributed by atoms with Gasteiger partial charge in [-0.15, -0.1) is 0 Å². The second kappa shape index (κ2) is 4.46. The molecule has 1 aliphatic heterocycles. The highest BCUT2D eigenvalue weighted by atomic mass is 14.9. The number of benzene rings is 1. The van der Waals surface area contributed by atoms with Crippen LogP contribution >= 0.6 is 0 Å². The number of hydrogen-bond acceptors (Lipinski definition) is 1. The summed E-state index contributed by atoms with van der Waals surface area (Å²) in [5, 5.41) is 13.2. The summed E-state index contributed by atoms with van der Waals surface area (Å²) in [6, 6.07) is 8.21. The lowest BCUT2D eigenvalue weighted by molar-refractivity contribution is 0.452. The molecule has 0 aromatic heterocycles. The topological polar surface area (TPSA) is 37.9 Å². The van der Waals surface area contributed by atoms with E-state index < -0.39 is 0 Å². The zero-order chi connectivity index (χ0) is 10.7. The van der Waals surface area contributed by atoms with E-state index in [-0.39, 0.29) is 0 Å². The highest BCUT2D eigenvalue weighted by Crippen LogP contribution is 2.28. The van der Waals surface area contributed by atoms with Crippen molar-refractivity contribution in [1.82, 2.24) is 5.32 Å². The summed E-state index contributed by atoms with van der Waals surface area (Å²) in [7, 11) is 0. The predicted molar refractivity (Wildman–Crippen MR) is 59.7 cm³/mol. The Kier molecular flexibility index (Phi) is 3.03. The quantitative estimate of drug-likeness (QED) is 0.684. The van der Waals surface area contributed by atoms with Gasteiger partial charge in [0.2, 0.25) is 0 Å². The van der Waals surface area contributed by atoms with E-state index in [4.69, 9.17) is 5.26 Å². The average molecular weight is 199 g/mol. The van der Waals surface area contributed by atoms with Crippen LogP contribution in [0.15, 0.2) is 18.2 Å². The van der Waals surface area contributed by atoms with Crippen LogP contribution in [-0.4, -0.2) is 13.1 Å². The summed E-state index contributed by atoms with van der Waals surface area (Å²) in [6.07, 6.45) is 2.32. The Balaban J connectivity index is 2.24. The van der Waals surface area contributed by atoms with Crippen LogP contribution in [0.2, 0.25) is 0 Å². The predicted octanol–water partition coefficient (Wildman–Crippen LogP) is 2.35. The third-order valence-corrected chi connectivity index (χ3v) is 3.11. The molecule has 0 unspecified atom stereocenters. The van der Waals surface area contributed by atoms with Gasteiger partial charge in [0.15, 0.2) is 0 Å². The van der Waals surface area contributed by atoms with E-state index in [2.05, 4.69) is 24.4 Å². The zero-order valence-corrected chi connectivity index (χ0v) is 9.03. The first kappa shape index (κ1) is 10.2. The van der Waals surface area contributed by atoms with Crippen molar-refractivity contribution in [2.24, 2.45) is 0 Å². The smallest absolute Gasteiger partial charge is 0.0991 e. The van der Waals surface area contributed by atoms with Gasteiger partial charge in [0.25, 0.3) is 0 Å². The molecule has 0 aliphatic carbocycles. The van der Waals surface area contributed by atoms with Crippen molar-refractivity contribution in [3.63, 3.8) is 0 Å².